The van der Waals surface area contributed by atoms with Gasteiger partial charge >= 0.3 is 12.6 Å². The molecule has 5 nitrogen and oxygen atoms in total. The first-order chi connectivity index (χ1) is 9.52. The third kappa shape index (κ3) is 5.47. The van der Waals surface area contributed by atoms with E-state index in [1.165, 1.54) is 24.3 Å². The summed E-state index contributed by atoms with van der Waals surface area (Å²) in [4.78, 5) is 22.5. The average molecular weight is 285 g/mol. The summed E-state index contributed by atoms with van der Waals surface area (Å²) in [5.41, 5.74) is 0.0693. The molecule has 20 heavy (non-hydrogen) atoms. The Hall–Kier alpha value is -2.44. The second kappa shape index (κ2) is 7.88. The number of carbonyl (C=O) groups is 2. The summed E-state index contributed by atoms with van der Waals surface area (Å²) in [6, 6.07) is 5.70. The van der Waals surface area contributed by atoms with Crippen LogP contribution in [0.15, 0.2) is 36.4 Å². The van der Waals surface area contributed by atoms with E-state index in [0.717, 1.165) is 6.08 Å². The topological polar surface area (TPSA) is 64.6 Å². The Bertz CT molecular complexity index is 503. The molecule has 0 radical (unpaired) electrons. The van der Waals surface area contributed by atoms with E-state index in [0.29, 0.717) is 0 Å². The summed E-state index contributed by atoms with van der Waals surface area (Å²) in [5, 5.41) is 2.31. The molecular formula is C13H13F2NO4. The van der Waals surface area contributed by atoms with Crippen LogP contribution in [0.5, 0.6) is 5.75 Å². The number of nitrogens with one attached hydrogen (secondary N) is 1. The number of allylic oxidation sites excluding steroid dienone is 1. The highest BCUT2D eigenvalue weighted by Crippen LogP contribution is 2.25. The first-order valence-corrected chi connectivity index (χ1v) is 5.66. The molecule has 108 valence electrons. The number of esters is 1. The number of hydrogen-bond donors (Lipinski definition) is 1. The molecule has 1 aromatic carbocycles. The molecular weight excluding hydrogens is 272 g/mol. The first-order valence-electron chi connectivity index (χ1n) is 5.66. The summed E-state index contributed by atoms with van der Waals surface area (Å²) < 4.78 is 33.2. The van der Waals surface area contributed by atoms with Gasteiger partial charge in [-0.05, 0) is 19.1 Å². The second-order valence-corrected chi connectivity index (χ2v) is 3.53. The number of ether oxygens (including phenoxy) is 2. The summed E-state index contributed by atoms with van der Waals surface area (Å²) >= 11 is 0. The molecule has 0 spiro atoms. The largest absolute Gasteiger partial charge is 0.452 e. The highest BCUT2D eigenvalue weighted by atomic mass is 19.3. The Morgan fingerprint density at radius 1 is 1.35 bits per heavy atom. The molecule has 0 aromatic heterocycles. The van der Waals surface area contributed by atoms with Crippen molar-refractivity contribution in [1.29, 1.82) is 0 Å². The molecule has 0 unspecified atom stereocenters. The molecule has 0 atom stereocenters. The van der Waals surface area contributed by atoms with Gasteiger partial charge in [0.15, 0.2) is 6.61 Å². The third-order valence-electron chi connectivity index (χ3n) is 2.03. The van der Waals surface area contributed by atoms with Crippen molar-refractivity contribution in [2.24, 2.45) is 0 Å². The van der Waals surface area contributed by atoms with Gasteiger partial charge in [0.25, 0.3) is 5.91 Å². The number of alkyl halides is 2. The molecule has 1 amide bonds. The van der Waals surface area contributed by atoms with Gasteiger partial charge in [0.05, 0.1) is 5.69 Å². The predicted molar refractivity (Wildman–Crippen MR) is 67.5 cm³/mol. The summed E-state index contributed by atoms with van der Waals surface area (Å²) in [6.07, 6.45) is 2.62. The smallest absolute Gasteiger partial charge is 0.387 e. The number of para-hydroxylation sites is 2. The van der Waals surface area contributed by atoms with Gasteiger partial charge in [0, 0.05) is 6.08 Å². The van der Waals surface area contributed by atoms with Crippen LogP contribution in [0.1, 0.15) is 6.92 Å². The van der Waals surface area contributed by atoms with Gasteiger partial charge in [-0.2, -0.15) is 8.78 Å². The molecule has 1 rings (SSSR count). The third-order valence-corrected chi connectivity index (χ3v) is 2.03. The Balaban J connectivity index is 2.59. The first kappa shape index (κ1) is 15.6. The van der Waals surface area contributed by atoms with Gasteiger partial charge in [0.1, 0.15) is 5.75 Å². The number of amides is 1. The highest BCUT2D eigenvalue weighted by Gasteiger charge is 2.12. The number of rotatable bonds is 6. The van der Waals surface area contributed by atoms with Crippen molar-refractivity contribution in [1.82, 2.24) is 0 Å². The molecule has 1 N–H and O–H groups in total. The van der Waals surface area contributed by atoms with Crippen LogP contribution in [0.25, 0.3) is 0 Å². The fourth-order valence-corrected chi connectivity index (χ4v) is 1.28. The van der Waals surface area contributed by atoms with E-state index < -0.39 is 25.1 Å². The molecule has 0 fully saturated rings. The number of benzene rings is 1. The lowest BCUT2D eigenvalue weighted by atomic mass is 10.3. The zero-order valence-electron chi connectivity index (χ0n) is 10.6. The van der Waals surface area contributed by atoms with Crippen molar-refractivity contribution in [2.75, 3.05) is 11.9 Å². The minimum atomic E-state index is -3.00. The van der Waals surface area contributed by atoms with Crippen molar-refractivity contribution < 1.29 is 27.8 Å². The molecule has 0 aliphatic rings. The van der Waals surface area contributed by atoms with Crippen LogP contribution in [0.4, 0.5) is 14.5 Å². The molecule has 0 bridgehead atoms. The Morgan fingerprint density at radius 3 is 2.70 bits per heavy atom. The van der Waals surface area contributed by atoms with Crippen molar-refractivity contribution in [2.45, 2.75) is 13.5 Å². The Labute approximate surface area is 114 Å². The standard InChI is InChI=1S/C13H13F2NO4/c1-2-5-12(18)19-8-11(17)16-9-6-3-4-7-10(9)20-13(14)15/h2-7,13H,8H2,1H3,(H,16,17)/b5-2+. The van der Waals surface area contributed by atoms with Crippen LogP contribution in [-0.2, 0) is 14.3 Å². The van der Waals surface area contributed by atoms with Crippen LogP contribution in [0.2, 0.25) is 0 Å². The molecule has 0 saturated heterocycles. The summed E-state index contributed by atoms with van der Waals surface area (Å²) in [6.45, 7) is -1.90. The zero-order chi connectivity index (χ0) is 15.0. The fraction of sp³-hybridized carbons (Fsp3) is 0.231. The maximum atomic E-state index is 12.2. The fourth-order valence-electron chi connectivity index (χ4n) is 1.28. The lowest BCUT2D eigenvalue weighted by Gasteiger charge is -2.11. The maximum Gasteiger partial charge on any atom is 0.387 e. The van der Waals surface area contributed by atoms with Gasteiger partial charge in [0.2, 0.25) is 0 Å². The molecule has 7 heteroatoms. The lowest BCUT2D eigenvalue weighted by molar-refractivity contribution is -0.142. The zero-order valence-corrected chi connectivity index (χ0v) is 10.6. The van der Waals surface area contributed by atoms with Gasteiger partial charge < -0.3 is 14.8 Å². The van der Waals surface area contributed by atoms with Crippen molar-refractivity contribution >= 4 is 17.6 Å². The van der Waals surface area contributed by atoms with E-state index >= 15 is 0 Å². The van der Waals surface area contributed by atoms with Gasteiger partial charge in [-0.3, -0.25) is 4.79 Å². The van der Waals surface area contributed by atoms with E-state index in [4.69, 9.17) is 0 Å². The quantitative estimate of drug-likeness (QED) is 0.643. The number of anilines is 1. The van der Waals surface area contributed by atoms with Crippen LogP contribution >= 0.6 is 0 Å². The summed E-state index contributed by atoms with van der Waals surface area (Å²) in [7, 11) is 0. The SMILES string of the molecule is C/C=C/C(=O)OCC(=O)Nc1ccccc1OC(F)F. The minimum absolute atomic E-state index is 0.0693. The van der Waals surface area contributed by atoms with Crippen molar-refractivity contribution in [3.8, 4) is 5.75 Å². The van der Waals surface area contributed by atoms with Gasteiger partial charge in [-0.25, -0.2) is 4.79 Å². The highest BCUT2D eigenvalue weighted by molar-refractivity contribution is 5.94. The van der Waals surface area contributed by atoms with Crippen molar-refractivity contribution in [3.05, 3.63) is 36.4 Å². The average Bonchev–Trinajstić information content (AvgIpc) is 2.38. The Kier molecular flexibility index (Phi) is 6.15. The number of carbonyl (C=O) groups excluding carboxylic acids is 2. The van der Waals surface area contributed by atoms with Gasteiger partial charge in [-0.15, -0.1) is 0 Å². The molecule has 0 aliphatic heterocycles. The van der Waals surface area contributed by atoms with Crippen LogP contribution in [-0.4, -0.2) is 25.1 Å². The predicted octanol–water partition coefficient (Wildman–Crippen LogP) is 2.35. The number of halogens is 2. The minimum Gasteiger partial charge on any atom is -0.452 e. The second-order valence-electron chi connectivity index (χ2n) is 3.53. The maximum absolute atomic E-state index is 12.2. The monoisotopic (exact) mass is 285 g/mol. The van der Waals surface area contributed by atoms with E-state index in [-0.39, 0.29) is 11.4 Å². The van der Waals surface area contributed by atoms with E-state index in [2.05, 4.69) is 14.8 Å². The van der Waals surface area contributed by atoms with Crippen LogP contribution < -0.4 is 10.1 Å². The molecule has 0 aliphatic carbocycles. The normalized spacial score (nSPS) is 10.6. The van der Waals surface area contributed by atoms with Crippen LogP contribution in [0, 0.1) is 0 Å². The van der Waals surface area contributed by atoms with E-state index in [1.807, 2.05) is 0 Å². The number of hydrogen-bond acceptors (Lipinski definition) is 4. The molecule has 0 saturated carbocycles. The van der Waals surface area contributed by atoms with Gasteiger partial charge in [-0.1, -0.05) is 18.2 Å². The van der Waals surface area contributed by atoms with Crippen molar-refractivity contribution in [3.63, 3.8) is 0 Å². The summed E-state index contributed by atoms with van der Waals surface area (Å²) in [5.74, 6) is -1.50. The molecule has 1 aromatic rings. The lowest BCUT2D eigenvalue weighted by Crippen LogP contribution is -2.20. The molecule has 0 heterocycles. The van der Waals surface area contributed by atoms with E-state index in [1.54, 1.807) is 13.0 Å². The van der Waals surface area contributed by atoms with E-state index in [9.17, 15) is 18.4 Å². The Morgan fingerprint density at radius 2 is 2.05 bits per heavy atom. The van der Waals surface area contributed by atoms with Crippen LogP contribution in [0.3, 0.4) is 0 Å².